The molecule has 0 bridgehead atoms. The third kappa shape index (κ3) is 2.27. The van der Waals surface area contributed by atoms with Crippen molar-refractivity contribution >= 4 is 5.82 Å². The average molecular weight is 208 g/mol. The summed E-state index contributed by atoms with van der Waals surface area (Å²) in [5, 5.41) is 18.5. The Morgan fingerprint density at radius 1 is 1.53 bits per heavy atom. The molecule has 2 N–H and O–H groups in total. The highest BCUT2D eigenvalue weighted by atomic mass is 16.3. The lowest BCUT2D eigenvalue weighted by atomic mass is 10.2. The zero-order valence-electron chi connectivity index (χ0n) is 8.85. The van der Waals surface area contributed by atoms with Gasteiger partial charge in [0.15, 0.2) is 0 Å². The molecule has 2 rings (SSSR count). The van der Waals surface area contributed by atoms with E-state index in [2.05, 4.69) is 9.88 Å². The normalized spacial score (nSPS) is 21.0. The van der Waals surface area contributed by atoms with Crippen LogP contribution in [0.15, 0.2) is 12.1 Å². The summed E-state index contributed by atoms with van der Waals surface area (Å²) in [6, 6.07) is 3.75. The topological polar surface area (TPSA) is 56.6 Å². The lowest BCUT2D eigenvalue weighted by molar-refractivity contribution is 0.198. The van der Waals surface area contributed by atoms with Gasteiger partial charge in [-0.2, -0.15) is 0 Å². The smallest absolute Gasteiger partial charge is 0.129 e. The van der Waals surface area contributed by atoms with Gasteiger partial charge in [0.25, 0.3) is 0 Å². The van der Waals surface area contributed by atoms with Gasteiger partial charge in [0.1, 0.15) is 5.82 Å². The van der Waals surface area contributed by atoms with Crippen molar-refractivity contribution in [3.63, 3.8) is 0 Å². The van der Waals surface area contributed by atoms with Gasteiger partial charge in [0.05, 0.1) is 12.7 Å². The first-order chi connectivity index (χ1) is 7.19. The maximum Gasteiger partial charge on any atom is 0.129 e. The second-order valence-corrected chi connectivity index (χ2v) is 4.02. The van der Waals surface area contributed by atoms with E-state index in [-0.39, 0.29) is 12.7 Å². The number of nitrogens with zero attached hydrogens (tertiary/aromatic N) is 2. The van der Waals surface area contributed by atoms with E-state index >= 15 is 0 Å². The first kappa shape index (κ1) is 10.4. The third-order valence-corrected chi connectivity index (χ3v) is 2.67. The summed E-state index contributed by atoms with van der Waals surface area (Å²) in [6.45, 7) is 3.42. The highest BCUT2D eigenvalue weighted by molar-refractivity contribution is 5.43. The fourth-order valence-corrected chi connectivity index (χ4v) is 1.92. The van der Waals surface area contributed by atoms with Crippen LogP contribution in [0.25, 0.3) is 0 Å². The van der Waals surface area contributed by atoms with Gasteiger partial charge < -0.3 is 15.1 Å². The van der Waals surface area contributed by atoms with Crippen LogP contribution in [-0.2, 0) is 6.61 Å². The zero-order chi connectivity index (χ0) is 10.8. The molecule has 1 aromatic rings. The van der Waals surface area contributed by atoms with Gasteiger partial charge in [0, 0.05) is 18.8 Å². The maximum absolute atomic E-state index is 9.44. The molecule has 1 aliphatic rings. The van der Waals surface area contributed by atoms with Crippen LogP contribution in [0.3, 0.4) is 0 Å². The predicted molar refractivity (Wildman–Crippen MR) is 57.7 cm³/mol. The fraction of sp³-hybridized carbons (Fsp3) is 0.545. The Morgan fingerprint density at radius 2 is 2.33 bits per heavy atom. The molecule has 4 nitrogen and oxygen atoms in total. The summed E-state index contributed by atoms with van der Waals surface area (Å²) in [4.78, 5) is 6.45. The molecule has 2 heterocycles. The van der Waals surface area contributed by atoms with Gasteiger partial charge in [-0.1, -0.05) is 0 Å². The van der Waals surface area contributed by atoms with Gasteiger partial charge in [-0.3, -0.25) is 0 Å². The first-order valence-corrected chi connectivity index (χ1v) is 5.20. The van der Waals surface area contributed by atoms with E-state index in [1.54, 1.807) is 0 Å². The van der Waals surface area contributed by atoms with Crippen molar-refractivity contribution in [2.75, 3.05) is 18.0 Å². The number of anilines is 1. The molecule has 4 heteroatoms. The van der Waals surface area contributed by atoms with Crippen LogP contribution in [0.2, 0.25) is 0 Å². The monoisotopic (exact) mass is 208 g/mol. The van der Waals surface area contributed by atoms with Crippen LogP contribution >= 0.6 is 0 Å². The highest BCUT2D eigenvalue weighted by Gasteiger charge is 2.21. The number of aliphatic hydroxyl groups is 2. The van der Waals surface area contributed by atoms with Crippen LogP contribution < -0.4 is 4.90 Å². The quantitative estimate of drug-likeness (QED) is 0.741. The average Bonchev–Trinajstić information content (AvgIpc) is 2.64. The predicted octanol–water partition coefficient (Wildman–Crippen LogP) is 0.453. The van der Waals surface area contributed by atoms with Gasteiger partial charge in [-0.15, -0.1) is 0 Å². The number of hydrogen-bond acceptors (Lipinski definition) is 4. The van der Waals surface area contributed by atoms with E-state index in [1.807, 2.05) is 19.1 Å². The number of rotatable bonds is 2. The zero-order valence-corrected chi connectivity index (χ0v) is 8.85. The van der Waals surface area contributed by atoms with Crippen LogP contribution in [0.5, 0.6) is 0 Å². The Hall–Kier alpha value is -1.13. The molecule has 1 aliphatic heterocycles. The number of β-amino-alcohol motifs (C(OH)–C–C–N with tert-alkyl or cyclic N) is 1. The second kappa shape index (κ2) is 4.16. The molecule has 0 aromatic carbocycles. The lowest BCUT2D eigenvalue weighted by Gasteiger charge is -2.17. The highest BCUT2D eigenvalue weighted by Crippen LogP contribution is 2.20. The van der Waals surface area contributed by atoms with Crippen molar-refractivity contribution in [1.29, 1.82) is 0 Å². The van der Waals surface area contributed by atoms with E-state index in [0.717, 1.165) is 30.0 Å². The summed E-state index contributed by atoms with van der Waals surface area (Å²) in [5.41, 5.74) is 1.77. The van der Waals surface area contributed by atoms with E-state index in [0.29, 0.717) is 6.54 Å². The van der Waals surface area contributed by atoms with Crippen molar-refractivity contribution < 1.29 is 10.2 Å². The molecule has 0 amide bonds. The SMILES string of the molecule is Cc1cc(CO)cc(N2CCC(O)C2)n1. The van der Waals surface area contributed by atoms with Gasteiger partial charge in [0.2, 0.25) is 0 Å². The van der Waals surface area contributed by atoms with Crippen molar-refractivity contribution in [2.24, 2.45) is 0 Å². The van der Waals surface area contributed by atoms with Crippen LogP contribution in [-0.4, -0.2) is 34.4 Å². The number of aryl methyl sites for hydroxylation is 1. The summed E-state index contributed by atoms with van der Waals surface area (Å²) < 4.78 is 0. The number of hydrogen-bond donors (Lipinski definition) is 2. The number of aliphatic hydroxyl groups excluding tert-OH is 2. The number of pyridine rings is 1. The van der Waals surface area contributed by atoms with Crippen LogP contribution in [0.4, 0.5) is 5.82 Å². The summed E-state index contributed by atoms with van der Waals surface area (Å²) in [5.74, 6) is 0.857. The molecule has 1 fully saturated rings. The van der Waals surface area contributed by atoms with E-state index < -0.39 is 0 Å². The summed E-state index contributed by atoms with van der Waals surface area (Å²) in [7, 11) is 0. The molecule has 0 spiro atoms. The minimum atomic E-state index is -0.245. The Balaban J connectivity index is 2.24. The van der Waals surface area contributed by atoms with Gasteiger partial charge >= 0.3 is 0 Å². The lowest BCUT2D eigenvalue weighted by Crippen LogP contribution is -2.22. The Bertz CT molecular complexity index is 354. The van der Waals surface area contributed by atoms with Crippen molar-refractivity contribution in [1.82, 2.24) is 4.98 Å². The maximum atomic E-state index is 9.44. The largest absolute Gasteiger partial charge is 0.392 e. The van der Waals surface area contributed by atoms with E-state index in [1.165, 1.54) is 0 Å². The molecule has 1 aromatic heterocycles. The standard InChI is InChI=1S/C11H16N2O2/c1-8-4-9(7-14)5-11(12-8)13-3-2-10(15)6-13/h4-5,10,14-15H,2-3,6-7H2,1H3. The first-order valence-electron chi connectivity index (χ1n) is 5.20. The van der Waals surface area contributed by atoms with Gasteiger partial charge in [-0.05, 0) is 31.0 Å². The molecule has 0 aliphatic carbocycles. The molecule has 82 valence electrons. The van der Waals surface area contributed by atoms with E-state index in [9.17, 15) is 5.11 Å². The Kier molecular flexibility index (Phi) is 2.88. The molecular weight excluding hydrogens is 192 g/mol. The minimum absolute atomic E-state index is 0.0345. The molecule has 1 saturated heterocycles. The van der Waals surface area contributed by atoms with Crippen LogP contribution in [0, 0.1) is 6.92 Å². The van der Waals surface area contributed by atoms with E-state index in [4.69, 9.17) is 5.11 Å². The Morgan fingerprint density at radius 3 is 2.93 bits per heavy atom. The molecule has 1 atom stereocenters. The van der Waals surface area contributed by atoms with Crippen molar-refractivity contribution in [3.8, 4) is 0 Å². The molecule has 15 heavy (non-hydrogen) atoms. The summed E-state index contributed by atoms with van der Waals surface area (Å²) >= 11 is 0. The molecule has 0 saturated carbocycles. The molecule has 0 radical (unpaired) electrons. The van der Waals surface area contributed by atoms with Crippen molar-refractivity contribution in [3.05, 3.63) is 23.4 Å². The minimum Gasteiger partial charge on any atom is -0.392 e. The summed E-state index contributed by atoms with van der Waals surface area (Å²) in [6.07, 6.45) is 0.550. The third-order valence-electron chi connectivity index (χ3n) is 2.67. The van der Waals surface area contributed by atoms with Gasteiger partial charge in [-0.25, -0.2) is 4.98 Å². The van der Waals surface area contributed by atoms with Crippen molar-refractivity contribution in [2.45, 2.75) is 26.1 Å². The van der Waals surface area contributed by atoms with Crippen LogP contribution in [0.1, 0.15) is 17.7 Å². The second-order valence-electron chi connectivity index (χ2n) is 4.02. The molecular formula is C11H16N2O2. The number of aromatic nitrogens is 1. The Labute approximate surface area is 89.2 Å². The molecule has 1 unspecified atom stereocenters. The fourth-order valence-electron chi connectivity index (χ4n) is 1.92.